The number of benzene rings is 2. The number of nitrogens with zero attached hydrogens (tertiary/aromatic N) is 3. The van der Waals surface area contributed by atoms with Gasteiger partial charge in [0, 0.05) is 30.3 Å². The fourth-order valence-corrected chi connectivity index (χ4v) is 3.27. The molecule has 0 radical (unpaired) electrons. The van der Waals surface area contributed by atoms with Gasteiger partial charge in [-0.15, -0.1) is 0 Å². The van der Waals surface area contributed by atoms with Crippen LogP contribution in [0.25, 0.3) is 10.9 Å². The topological polar surface area (TPSA) is 90.3 Å². The molecule has 0 aliphatic heterocycles. The van der Waals surface area contributed by atoms with E-state index in [0.29, 0.717) is 41.2 Å². The van der Waals surface area contributed by atoms with E-state index < -0.39 is 5.82 Å². The zero-order valence-corrected chi connectivity index (χ0v) is 19.2. The van der Waals surface area contributed by atoms with E-state index in [2.05, 4.69) is 21.7 Å². The van der Waals surface area contributed by atoms with Crippen LogP contribution in [0.4, 0.5) is 21.5 Å². The summed E-state index contributed by atoms with van der Waals surface area (Å²) in [7, 11) is 3.80. The van der Waals surface area contributed by atoms with Crippen LogP contribution in [-0.2, 0) is 4.79 Å². The van der Waals surface area contributed by atoms with Gasteiger partial charge in [0.25, 0.3) is 0 Å². The van der Waals surface area contributed by atoms with Gasteiger partial charge in [0.15, 0.2) is 5.82 Å². The second-order valence-electron chi connectivity index (χ2n) is 7.34. The number of likely N-dealkylation sites (N-methyl/N-ethyl adjacent to an activating group) is 1. The molecule has 1 amide bonds. The highest BCUT2D eigenvalue weighted by atomic mass is 35.5. The lowest BCUT2D eigenvalue weighted by Gasteiger charge is -2.16. The third kappa shape index (κ3) is 5.77. The molecule has 0 aliphatic carbocycles. The number of carbonyl (C=O) groups excluding carboxylic acids is 1. The monoisotopic (exact) mass is 467 g/mol. The first-order chi connectivity index (χ1) is 15.8. The largest absolute Gasteiger partial charge is 0.492 e. The standard InChI is InChI=1S/C24H23ClFN5O2/c1-4-33-21-12-19-16(11-20(21)29-22(32)9-6-10-31(2)3)24(15(13-27)14-28-19)30-18-8-5-7-17(25)23(18)26/h5-9,11-12,14H,4,10H2,1-3H3,(H,28,30)(H,29,32). The number of anilines is 3. The second kappa shape index (κ2) is 10.8. The minimum atomic E-state index is -0.640. The van der Waals surface area contributed by atoms with Crippen molar-refractivity contribution in [2.24, 2.45) is 0 Å². The van der Waals surface area contributed by atoms with E-state index in [4.69, 9.17) is 16.3 Å². The Bertz CT molecular complexity index is 1250. The number of amides is 1. The molecule has 0 aliphatic rings. The molecule has 0 atom stereocenters. The number of aromatic nitrogens is 1. The second-order valence-corrected chi connectivity index (χ2v) is 7.74. The summed E-state index contributed by atoms with van der Waals surface area (Å²) in [6, 6.07) is 9.93. The van der Waals surface area contributed by atoms with Crippen LogP contribution in [0.2, 0.25) is 5.02 Å². The number of pyridine rings is 1. The summed E-state index contributed by atoms with van der Waals surface area (Å²) in [4.78, 5) is 18.7. The van der Waals surface area contributed by atoms with Crippen molar-refractivity contribution in [1.29, 1.82) is 5.26 Å². The van der Waals surface area contributed by atoms with Gasteiger partial charge in [-0.25, -0.2) is 4.39 Å². The van der Waals surface area contributed by atoms with Crippen LogP contribution in [0.1, 0.15) is 12.5 Å². The molecule has 1 heterocycles. The Morgan fingerprint density at radius 3 is 2.82 bits per heavy atom. The summed E-state index contributed by atoms with van der Waals surface area (Å²) in [6.07, 6.45) is 4.57. The maximum absolute atomic E-state index is 14.5. The van der Waals surface area contributed by atoms with Gasteiger partial charge in [0.1, 0.15) is 11.8 Å². The minimum absolute atomic E-state index is 0.0482. The highest BCUT2D eigenvalue weighted by Crippen LogP contribution is 2.37. The zero-order valence-electron chi connectivity index (χ0n) is 18.4. The van der Waals surface area contributed by atoms with E-state index in [1.807, 2.05) is 25.9 Å². The predicted octanol–water partition coefficient (Wildman–Crippen LogP) is 5.10. The fraction of sp³-hybridized carbons (Fsp3) is 0.208. The van der Waals surface area contributed by atoms with Crippen molar-refractivity contribution in [3.8, 4) is 11.8 Å². The number of nitrogens with one attached hydrogen (secondary N) is 2. The molecular formula is C24H23ClFN5O2. The normalized spacial score (nSPS) is 11.1. The molecule has 0 fully saturated rings. The highest BCUT2D eigenvalue weighted by molar-refractivity contribution is 6.31. The average molecular weight is 468 g/mol. The number of nitriles is 1. The molecule has 1 aromatic heterocycles. The maximum atomic E-state index is 14.5. The van der Waals surface area contributed by atoms with Crippen molar-refractivity contribution in [3.05, 3.63) is 65.1 Å². The summed E-state index contributed by atoms with van der Waals surface area (Å²) in [5.74, 6) is -0.549. The minimum Gasteiger partial charge on any atom is -0.492 e. The number of hydrogen-bond donors (Lipinski definition) is 2. The lowest BCUT2D eigenvalue weighted by molar-refractivity contribution is -0.111. The first-order valence-corrected chi connectivity index (χ1v) is 10.5. The van der Waals surface area contributed by atoms with Gasteiger partial charge in [0.2, 0.25) is 5.91 Å². The van der Waals surface area contributed by atoms with Crippen LogP contribution < -0.4 is 15.4 Å². The molecule has 3 aromatic rings. The van der Waals surface area contributed by atoms with Gasteiger partial charge in [-0.2, -0.15) is 5.26 Å². The molecule has 3 rings (SSSR count). The highest BCUT2D eigenvalue weighted by Gasteiger charge is 2.16. The van der Waals surface area contributed by atoms with Gasteiger partial charge in [-0.1, -0.05) is 23.7 Å². The molecule has 7 nitrogen and oxygen atoms in total. The predicted molar refractivity (Wildman–Crippen MR) is 129 cm³/mol. The molecule has 2 N–H and O–H groups in total. The van der Waals surface area contributed by atoms with Gasteiger partial charge < -0.3 is 20.3 Å². The van der Waals surface area contributed by atoms with Crippen LogP contribution >= 0.6 is 11.6 Å². The van der Waals surface area contributed by atoms with Crippen molar-refractivity contribution in [2.45, 2.75) is 6.92 Å². The van der Waals surface area contributed by atoms with Crippen molar-refractivity contribution in [1.82, 2.24) is 9.88 Å². The number of hydrogen-bond acceptors (Lipinski definition) is 6. The van der Waals surface area contributed by atoms with E-state index in [9.17, 15) is 14.4 Å². The summed E-state index contributed by atoms with van der Waals surface area (Å²) >= 11 is 5.91. The smallest absolute Gasteiger partial charge is 0.248 e. The fourth-order valence-electron chi connectivity index (χ4n) is 3.09. The van der Waals surface area contributed by atoms with E-state index in [0.717, 1.165) is 0 Å². The number of ether oxygens (including phenoxy) is 1. The Labute approximate surface area is 196 Å². The van der Waals surface area contributed by atoms with E-state index in [1.54, 1.807) is 24.3 Å². The van der Waals surface area contributed by atoms with Crippen LogP contribution in [0, 0.1) is 17.1 Å². The molecule has 0 saturated heterocycles. The SMILES string of the molecule is CCOc1cc2ncc(C#N)c(Nc3cccc(Cl)c3F)c2cc1NC(=O)C=CCN(C)C. The van der Waals surface area contributed by atoms with E-state index in [-0.39, 0.29) is 22.2 Å². The van der Waals surface area contributed by atoms with Crippen LogP contribution in [0.5, 0.6) is 5.75 Å². The van der Waals surface area contributed by atoms with Crippen LogP contribution in [0.15, 0.2) is 48.7 Å². The zero-order chi connectivity index (χ0) is 24.0. The van der Waals surface area contributed by atoms with E-state index >= 15 is 0 Å². The summed E-state index contributed by atoms with van der Waals surface area (Å²) in [6.45, 7) is 2.81. The first-order valence-electron chi connectivity index (χ1n) is 10.2. The van der Waals surface area contributed by atoms with E-state index in [1.165, 1.54) is 24.4 Å². The molecule has 9 heteroatoms. The lowest BCUT2D eigenvalue weighted by atomic mass is 10.1. The molecule has 0 spiro atoms. The van der Waals surface area contributed by atoms with Gasteiger partial charge in [-0.3, -0.25) is 9.78 Å². The first kappa shape index (κ1) is 24.0. The Balaban J connectivity index is 2.09. The maximum Gasteiger partial charge on any atom is 0.248 e. The molecule has 170 valence electrons. The van der Waals surface area contributed by atoms with Crippen molar-refractivity contribution < 1.29 is 13.9 Å². The van der Waals surface area contributed by atoms with Gasteiger partial charge in [0.05, 0.1) is 39.8 Å². The molecule has 2 aromatic carbocycles. The average Bonchev–Trinajstić information content (AvgIpc) is 2.77. The van der Waals surface area contributed by atoms with Crippen LogP contribution in [0.3, 0.4) is 0 Å². The Kier molecular flexibility index (Phi) is 7.83. The van der Waals surface area contributed by atoms with Crippen molar-refractivity contribution >= 4 is 45.5 Å². The quantitative estimate of drug-likeness (QED) is 0.448. The Hall–Kier alpha value is -3.67. The number of fused-ring (bicyclic) bond motifs is 1. The molecule has 0 unspecified atom stereocenters. The number of rotatable bonds is 8. The van der Waals surface area contributed by atoms with Gasteiger partial charge >= 0.3 is 0 Å². The number of halogens is 2. The van der Waals surface area contributed by atoms with Crippen molar-refractivity contribution in [2.75, 3.05) is 37.9 Å². The lowest BCUT2D eigenvalue weighted by Crippen LogP contribution is -2.13. The number of carbonyl (C=O) groups is 1. The van der Waals surface area contributed by atoms with Crippen molar-refractivity contribution in [3.63, 3.8) is 0 Å². The Morgan fingerprint density at radius 2 is 2.12 bits per heavy atom. The molecule has 0 bridgehead atoms. The molecular weight excluding hydrogens is 445 g/mol. The Morgan fingerprint density at radius 1 is 1.33 bits per heavy atom. The summed E-state index contributed by atoms with van der Waals surface area (Å²) in [5.41, 5.74) is 1.55. The third-order valence-electron chi connectivity index (χ3n) is 4.60. The van der Waals surface area contributed by atoms with Gasteiger partial charge in [-0.05, 0) is 39.2 Å². The molecule has 33 heavy (non-hydrogen) atoms. The summed E-state index contributed by atoms with van der Waals surface area (Å²) < 4.78 is 20.2. The van der Waals surface area contributed by atoms with Crippen LogP contribution in [-0.4, -0.2) is 43.0 Å². The molecule has 0 saturated carbocycles. The summed E-state index contributed by atoms with van der Waals surface area (Å²) in [5, 5.41) is 15.8. The third-order valence-corrected chi connectivity index (χ3v) is 4.89.